The minimum absolute atomic E-state index is 0.461. The van der Waals surface area contributed by atoms with Gasteiger partial charge in [-0.1, -0.05) is 5.92 Å². The maximum atomic E-state index is 9.71. The summed E-state index contributed by atoms with van der Waals surface area (Å²) in [7, 11) is 0. The van der Waals surface area contributed by atoms with Gasteiger partial charge in [0.2, 0.25) is 0 Å². The first-order chi connectivity index (χ1) is 4.68. The lowest BCUT2D eigenvalue weighted by Crippen LogP contribution is -2.28. The van der Waals surface area contributed by atoms with E-state index in [0.717, 1.165) is 0 Å². The molecular weight excluding hydrogens is 130 g/mol. The van der Waals surface area contributed by atoms with Crippen LogP contribution in [0.5, 0.6) is 0 Å². The van der Waals surface area contributed by atoms with Crippen LogP contribution < -0.4 is 16.8 Å². The number of hydrogen-bond donors (Lipinski definition) is 3. The van der Waals surface area contributed by atoms with Gasteiger partial charge in [0, 0.05) is 12.6 Å². The molecule has 0 aliphatic carbocycles. The van der Waals surface area contributed by atoms with E-state index < -0.39 is 6.03 Å². The lowest BCUT2D eigenvalue weighted by atomic mass is 10.7. The fraction of sp³-hybridized carbons (Fsp3) is 0.500. The number of rotatable bonds is 1. The molecule has 2 amide bonds. The summed E-state index contributed by atoms with van der Waals surface area (Å²) < 4.78 is 0. The summed E-state index contributed by atoms with van der Waals surface area (Å²) in [6.07, 6.45) is 0. The van der Waals surface area contributed by atoms with Crippen LogP contribution >= 0.6 is 0 Å². The molecule has 0 saturated heterocycles. The van der Waals surface area contributed by atoms with Crippen molar-refractivity contribution < 1.29 is 4.79 Å². The number of nitrogens with one attached hydrogen (secondary N) is 1. The summed E-state index contributed by atoms with van der Waals surface area (Å²) in [5, 5.41) is 2.35. The van der Waals surface area contributed by atoms with Crippen LogP contribution in [0.3, 0.4) is 0 Å². The summed E-state index contributed by atoms with van der Waals surface area (Å²) in [6.45, 7) is 4.11. The number of carbonyl (C=O) groups excluding carboxylic acids is 1. The van der Waals surface area contributed by atoms with E-state index in [0.29, 0.717) is 6.54 Å². The first-order valence-corrected chi connectivity index (χ1v) is 2.84. The quantitative estimate of drug-likeness (QED) is 0.345. The van der Waals surface area contributed by atoms with Crippen molar-refractivity contribution >= 4 is 6.03 Å². The molecule has 0 bridgehead atoms. The number of primary amides is 1. The third kappa shape index (κ3) is 30.4. The van der Waals surface area contributed by atoms with Crippen molar-refractivity contribution in [3.05, 3.63) is 0 Å². The Hall–Kier alpha value is -1.37. The molecule has 0 aromatic heterocycles. The zero-order valence-corrected chi connectivity index (χ0v) is 6.27. The molecule has 0 atom stereocenters. The van der Waals surface area contributed by atoms with Crippen LogP contribution in [-0.4, -0.2) is 12.6 Å². The highest BCUT2D eigenvalue weighted by Crippen LogP contribution is 1.49. The Labute approximate surface area is 61.0 Å². The zero-order chi connectivity index (χ0) is 8.41. The molecule has 0 aliphatic rings. The summed E-state index contributed by atoms with van der Waals surface area (Å²) in [4.78, 5) is 9.71. The highest BCUT2D eigenvalue weighted by Gasteiger charge is 1.79. The molecule has 58 valence electrons. The van der Waals surface area contributed by atoms with Gasteiger partial charge in [-0.3, -0.25) is 0 Å². The van der Waals surface area contributed by atoms with E-state index in [1.807, 2.05) is 6.92 Å². The molecule has 0 rings (SSSR count). The molecule has 0 heterocycles. The Morgan fingerprint density at radius 2 is 2.10 bits per heavy atom. The molecular formula is C6H13N3O. The van der Waals surface area contributed by atoms with Crippen LogP contribution in [0.15, 0.2) is 0 Å². The fourth-order valence-corrected chi connectivity index (χ4v) is 0.174. The number of urea groups is 1. The van der Waals surface area contributed by atoms with Crippen LogP contribution in [0.4, 0.5) is 4.79 Å². The van der Waals surface area contributed by atoms with Crippen LogP contribution in [0.2, 0.25) is 0 Å². The summed E-state index contributed by atoms with van der Waals surface area (Å²) in [6, 6.07) is 1.72. The summed E-state index contributed by atoms with van der Waals surface area (Å²) in [5.41, 5.74) is 9.32. The number of amides is 2. The molecule has 0 aromatic carbocycles. The van der Waals surface area contributed by atoms with E-state index in [1.54, 1.807) is 6.92 Å². The van der Waals surface area contributed by atoms with E-state index in [1.165, 1.54) is 0 Å². The van der Waals surface area contributed by atoms with Crippen molar-refractivity contribution in [1.29, 1.82) is 0 Å². The molecule has 0 aromatic rings. The van der Waals surface area contributed by atoms with Crippen molar-refractivity contribution in [3.8, 4) is 12.0 Å². The largest absolute Gasteiger partial charge is 0.359 e. The average Bonchev–Trinajstić information content (AvgIpc) is 1.89. The monoisotopic (exact) mass is 143 g/mol. The van der Waals surface area contributed by atoms with Gasteiger partial charge in [-0.2, -0.15) is 0 Å². The second-order valence-corrected chi connectivity index (χ2v) is 1.29. The van der Waals surface area contributed by atoms with Crippen molar-refractivity contribution in [2.75, 3.05) is 6.54 Å². The SMILES string of the molecule is CC#CN.CCNC(N)=O. The normalized spacial score (nSPS) is 5.80. The molecule has 0 fully saturated rings. The first kappa shape index (κ1) is 11.4. The number of carbonyl (C=O) groups is 1. The van der Waals surface area contributed by atoms with Gasteiger partial charge in [-0.25, -0.2) is 4.79 Å². The molecule has 0 saturated carbocycles. The maximum absolute atomic E-state index is 9.71. The van der Waals surface area contributed by atoms with E-state index in [-0.39, 0.29) is 0 Å². The van der Waals surface area contributed by atoms with Crippen LogP contribution in [0, 0.1) is 12.0 Å². The second kappa shape index (κ2) is 10.6. The Morgan fingerprint density at radius 1 is 1.70 bits per heavy atom. The molecule has 0 radical (unpaired) electrons. The Bertz CT molecular complexity index is 128. The minimum atomic E-state index is -0.461. The van der Waals surface area contributed by atoms with Gasteiger partial charge in [-0.05, 0) is 13.8 Å². The van der Waals surface area contributed by atoms with Crippen molar-refractivity contribution in [1.82, 2.24) is 5.32 Å². The lowest BCUT2D eigenvalue weighted by Gasteiger charge is -1.88. The predicted molar refractivity (Wildman–Crippen MR) is 40.9 cm³/mol. The molecule has 0 unspecified atom stereocenters. The lowest BCUT2D eigenvalue weighted by molar-refractivity contribution is 0.249. The first-order valence-electron chi connectivity index (χ1n) is 2.84. The predicted octanol–water partition coefficient (Wildman–Crippen LogP) is -0.399. The molecule has 0 aliphatic heterocycles. The van der Waals surface area contributed by atoms with Crippen molar-refractivity contribution in [2.45, 2.75) is 13.8 Å². The van der Waals surface area contributed by atoms with Crippen molar-refractivity contribution in [2.24, 2.45) is 11.5 Å². The minimum Gasteiger partial charge on any atom is -0.359 e. The Morgan fingerprint density at radius 3 is 2.10 bits per heavy atom. The second-order valence-electron chi connectivity index (χ2n) is 1.29. The van der Waals surface area contributed by atoms with Crippen LogP contribution in [-0.2, 0) is 0 Å². The molecule has 0 spiro atoms. The van der Waals surface area contributed by atoms with Gasteiger partial charge in [0.25, 0.3) is 0 Å². The maximum Gasteiger partial charge on any atom is 0.312 e. The molecule has 4 heteroatoms. The molecule has 5 N–H and O–H groups in total. The van der Waals surface area contributed by atoms with Crippen LogP contribution in [0.1, 0.15) is 13.8 Å². The van der Waals surface area contributed by atoms with E-state index in [2.05, 4.69) is 28.7 Å². The average molecular weight is 143 g/mol. The molecule has 4 nitrogen and oxygen atoms in total. The van der Waals surface area contributed by atoms with Gasteiger partial charge in [-0.15, -0.1) is 0 Å². The van der Waals surface area contributed by atoms with Gasteiger partial charge in [0.1, 0.15) is 0 Å². The smallest absolute Gasteiger partial charge is 0.312 e. The third-order valence-corrected chi connectivity index (χ3v) is 0.495. The van der Waals surface area contributed by atoms with Gasteiger partial charge in [0.05, 0.1) is 0 Å². The Kier molecular flexibility index (Phi) is 12.1. The van der Waals surface area contributed by atoms with E-state index in [4.69, 9.17) is 0 Å². The number of nitrogens with two attached hydrogens (primary N) is 2. The van der Waals surface area contributed by atoms with Gasteiger partial charge >= 0.3 is 6.03 Å². The highest BCUT2D eigenvalue weighted by atomic mass is 16.2. The summed E-state index contributed by atoms with van der Waals surface area (Å²) in [5.74, 6) is 2.46. The van der Waals surface area contributed by atoms with E-state index >= 15 is 0 Å². The summed E-state index contributed by atoms with van der Waals surface area (Å²) >= 11 is 0. The highest BCUT2D eigenvalue weighted by molar-refractivity contribution is 5.71. The third-order valence-electron chi connectivity index (χ3n) is 0.495. The standard InChI is InChI=1S/C3H8N2O.C3H5N/c1-2-5-3(4)6;1-2-3-4/h2H2,1H3,(H3,4,5,6);4H2,1H3. The topological polar surface area (TPSA) is 81.1 Å². The van der Waals surface area contributed by atoms with Gasteiger partial charge < -0.3 is 16.8 Å². The Balaban J connectivity index is 0. The van der Waals surface area contributed by atoms with E-state index in [9.17, 15) is 4.79 Å². The van der Waals surface area contributed by atoms with Crippen molar-refractivity contribution in [3.63, 3.8) is 0 Å². The van der Waals surface area contributed by atoms with Gasteiger partial charge in [0.15, 0.2) is 0 Å². The fourth-order valence-electron chi connectivity index (χ4n) is 0.174. The number of hydrogen-bond acceptors (Lipinski definition) is 2. The molecule has 10 heavy (non-hydrogen) atoms. The zero-order valence-electron chi connectivity index (χ0n) is 6.27. The van der Waals surface area contributed by atoms with Crippen LogP contribution in [0.25, 0.3) is 0 Å².